The molecule has 4 rings (SSSR count). The minimum absolute atomic E-state index is 0.324. The van der Waals surface area contributed by atoms with Crippen molar-refractivity contribution in [1.82, 2.24) is 4.90 Å². The van der Waals surface area contributed by atoms with E-state index in [1.54, 1.807) is 0 Å². The molecule has 2 heteroatoms. The van der Waals surface area contributed by atoms with E-state index in [-0.39, 0.29) is 0 Å². The van der Waals surface area contributed by atoms with Crippen LogP contribution >= 0.6 is 0 Å². The lowest BCUT2D eigenvalue weighted by atomic mass is 9.77. The van der Waals surface area contributed by atoms with Crippen molar-refractivity contribution in [1.29, 1.82) is 0 Å². The van der Waals surface area contributed by atoms with Crippen LogP contribution in [0.1, 0.15) is 55.9 Å². The molecule has 26 heavy (non-hydrogen) atoms. The van der Waals surface area contributed by atoms with Gasteiger partial charge in [0.2, 0.25) is 0 Å². The molecule has 0 bridgehead atoms. The van der Waals surface area contributed by atoms with E-state index in [2.05, 4.69) is 73.3 Å². The SMILES string of the molecule is CCCN(CCC)C1CCc2ccccc2C1c1cc2ccccc2o1. The van der Waals surface area contributed by atoms with Crippen LogP contribution in [0.3, 0.4) is 0 Å². The Kier molecular flexibility index (Phi) is 5.12. The van der Waals surface area contributed by atoms with E-state index in [1.807, 2.05) is 0 Å². The first-order valence-corrected chi connectivity index (χ1v) is 10.1. The second-order valence-electron chi connectivity index (χ2n) is 7.51. The Morgan fingerprint density at radius 3 is 2.46 bits per heavy atom. The van der Waals surface area contributed by atoms with Gasteiger partial charge in [0, 0.05) is 11.4 Å². The van der Waals surface area contributed by atoms with Crippen molar-refractivity contribution in [3.63, 3.8) is 0 Å². The Morgan fingerprint density at radius 1 is 0.962 bits per heavy atom. The molecule has 0 amide bonds. The first-order chi connectivity index (χ1) is 12.8. The zero-order valence-corrected chi connectivity index (χ0v) is 15.9. The van der Waals surface area contributed by atoms with Crippen LogP contribution in [0.25, 0.3) is 11.0 Å². The Hall–Kier alpha value is -2.06. The summed E-state index contributed by atoms with van der Waals surface area (Å²) in [5, 5.41) is 1.21. The van der Waals surface area contributed by atoms with E-state index in [4.69, 9.17) is 4.42 Å². The molecule has 1 aliphatic carbocycles. The average molecular weight is 348 g/mol. The zero-order chi connectivity index (χ0) is 17.9. The summed E-state index contributed by atoms with van der Waals surface area (Å²) in [6.45, 7) is 6.90. The smallest absolute Gasteiger partial charge is 0.134 e. The van der Waals surface area contributed by atoms with Gasteiger partial charge in [0.1, 0.15) is 11.3 Å². The Labute approximate surface area is 156 Å². The Balaban J connectivity index is 1.81. The molecule has 2 atom stereocenters. The first kappa shape index (κ1) is 17.4. The van der Waals surface area contributed by atoms with Crippen LogP contribution in [-0.2, 0) is 6.42 Å². The van der Waals surface area contributed by atoms with Gasteiger partial charge in [-0.2, -0.15) is 0 Å². The van der Waals surface area contributed by atoms with Crippen LogP contribution < -0.4 is 0 Å². The van der Waals surface area contributed by atoms with Gasteiger partial charge in [-0.15, -0.1) is 0 Å². The highest BCUT2D eigenvalue weighted by Gasteiger charge is 2.36. The van der Waals surface area contributed by atoms with Crippen molar-refractivity contribution in [2.45, 2.75) is 51.5 Å². The number of fused-ring (bicyclic) bond motifs is 2. The number of aryl methyl sites for hydroxylation is 1. The van der Waals surface area contributed by atoms with Gasteiger partial charge in [0.05, 0.1) is 5.92 Å². The molecule has 0 spiro atoms. The number of hydrogen-bond acceptors (Lipinski definition) is 2. The topological polar surface area (TPSA) is 16.4 Å². The quantitative estimate of drug-likeness (QED) is 0.543. The lowest BCUT2D eigenvalue weighted by Crippen LogP contribution is -2.43. The summed E-state index contributed by atoms with van der Waals surface area (Å²) in [5.41, 5.74) is 3.95. The van der Waals surface area contributed by atoms with Crippen molar-refractivity contribution in [2.24, 2.45) is 0 Å². The number of furan rings is 1. The van der Waals surface area contributed by atoms with Crippen LogP contribution in [0.15, 0.2) is 59.0 Å². The molecule has 136 valence electrons. The maximum Gasteiger partial charge on any atom is 0.134 e. The van der Waals surface area contributed by atoms with Crippen LogP contribution in [0.4, 0.5) is 0 Å². The van der Waals surface area contributed by atoms with Gasteiger partial charge < -0.3 is 4.42 Å². The third-order valence-corrected chi connectivity index (χ3v) is 5.73. The van der Waals surface area contributed by atoms with E-state index in [0.29, 0.717) is 12.0 Å². The standard InChI is InChI=1S/C24H29NO/c1-3-15-25(16-4-2)21-14-13-18-9-5-7-11-20(18)24(21)23-17-19-10-6-8-12-22(19)26-23/h5-12,17,21,24H,3-4,13-16H2,1-2H3. The molecule has 0 aliphatic heterocycles. The molecule has 1 heterocycles. The van der Waals surface area contributed by atoms with Crippen LogP contribution in [0, 0.1) is 0 Å². The zero-order valence-electron chi connectivity index (χ0n) is 15.9. The molecule has 0 saturated carbocycles. The average Bonchev–Trinajstić information content (AvgIpc) is 3.10. The van der Waals surface area contributed by atoms with Gasteiger partial charge in [-0.1, -0.05) is 56.3 Å². The predicted molar refractivity (Wildman–Crippen MR) is 109 cm³/mol. The number of hydrogen-bond donors (Lipinski definition) is 0. The lowest BCUT2D eigenvalue weighted by molar-refractivity contribution is 0.158. The van der Waals surface area contributed by atoms with Crippen LogP contribution in [0.2, 0.25) is 0 Å². The summed E-state index contributed by atoms with van der Waals surface area (Å²) >= 11 is 0. The minimum atomic E-state index is 0.324. The minimum Gasteiger partial charge on any atom is -0.460 e. The van der Waals surface area contributed by atoms with Crippen LogP contribution in [-0.4, -0.2) is 24.0 Å². The number of rotatable bonds is 6. The molecular weight excluding hydrogens is 318 g/mol. The molecule has 3 aromatic rings. The number of para-hydroxylation sites is 1. The molecule has 2 unspecified atom stereocenters. The summed E-state index contributed by atoms with van der Waals surface area (Å²) in [4.78, 5) is 2.70. The number of benzene rings is 2. The van der Waals surface area contributed by atoms with Crippen molar-refractivity contribution in [2.75, 3.05) is 13.1 Å². The van der Waals surface area contributed by atoms with Crippen molar-refractivity contribution in [3.05, 3.63) is 71.5 Å². The summed E-state index contributed by atoms with van der Waals surface area (Å²) < 4.78 is 6.37. The highest BCUT2D eigenvalue weighted by molar-refractivity contribution is 5.78. The third-order valence-electron chi connectivity index (χ3n) is 5.73. The van der Waals surface area contributed by atoms with Crippen molar-refractivity contribution in [3.8, 4) is 0 Å². The maximum absolute atomic E-state index is 6.37. The molecule has 2 nitrogen and oxygen atoms in total. The molecule has 1 aliphatic rings. The summed E-state index contributed by atoms with van der Waals surface area (Å²) in [6.07, 6.45) is 4.77. The van der Waals surface area contributed by atoms with Gasteiger partial charge in [0.15, 0.2) is 0 Å². The van der Waals surface area contributed by atoms with E-state index in [9.17, 15) is 0 Å². The molecule has 1 aromatic heterocycles. The lowest BCUT2D eigenvalue weighted by Gasteiger charge is -2.40. The van der Waals surface area contributed by atoms with Gasteiger partial charge >= 0.3 is 0 Å². The first-order valence-electron chi connectivity index (χ1n) is 10.1. The normalized spacial score (nSPS) is 19.8. The molecule has 0 N–H and O–H groups in total. The van der Waals surface area contributed by atoms with E-state index < -0.39 is 0 Å². The Morgan fingerprint density at radius 2 is 1.69 bits per heavy atom. The van der Waals surface area contributed by atoms with Gasteiger partial charge in [-0.25, -0.2) is 0 Å². The maximum atomic E-state index is 6.37. The van der Waals surface area contributed by atoms with Crippen LogP contribution in [0.5, 0.6) is 0 Å². The highest BCUT2D eigenvalue weighted by atomic mass is 16.3. The fourth-order valence-electron chi connectivity index (χ4n) is 4.65. The fraction of sp³-hybridized carbons (Fsp3) is 0.417. The van der Waals surface area contributed by atoms with Gasteiger partial charge in [-0.05, 0) is 62.0 Å². The Bertz CT molecular complexity index is 826. The second-order valence-corrected chi connectivity index (χ2v) is 7.51. The van der Waals surface area contributed by atoms with Gasteiger partial charge in [0.25, 0.3) is 0 Å². The van der Waals surface area contributed by atoms with Crippen molar-refractivity contribution < 1.29 is 4.42 Å². The molecular formula is C24H29NO. The van der Waals surface area contributed by atoms with Crippen molar-refractivity contribution >= 4 is 11.0 Å². The molecule has 0 radical (unpaired) electrons. The van der Waals surface area contributed by atoms with Gasteiger partial charge in [-0.3, -0.25) is 4.90 Å². The summed E-state index contributed by atoms with van der Waals surface area (Å²) in [6, 6.07) is 20.1. The third kappa shape index (κ3) is 3.19. The highest BCUT2D eigenvalue weighted by Crippen LogP contribution is 2.41. The summed E-state index contributed by atoms with van der Waals surface area (Å²) in [5.74, 6) is 1.45. The fourth-order valence-corrected chi connectivity index (χ4v) is 4.65. The largest absolute Gasteiger partial charge is 0.460 e. The predicted octanol–water partition coefficient (Wildman–Crippen LogP) is 6.00. The monoisotopic (exact) mass is 347 g/mol. The molecule has 0 fully saturated rings. The summed E-state index contributed by atoms with van der Waals surface area (Å²) in [7, 11) is 0. The van der Waals surface area contributed by atoms with E-state index in [1.165, 1.54) is 42.2 Å². The van der Waals surface area contributed by atoms with E-state index in [0.717, 1.165) is 24.4 Å². The molecule has 0 saturated heterocycles. The second kappa shape index (κ2) is 7.67. The molecule has 2 aromatic carbocycles. The van der Waals surface area contributed by atoms with E-state index >= 15 is 0 Å². The number of nitrogens with zero attached hydrogens (tertiary/aromatic N) is 1.